The molecule has 0 saturated carbocycles. The Kier molecular flexibility index (Phi) is 4.36. The minimum atomic E-state index is -1.09. The number of carbonyl (C=O) groups is 1. The molecule has 0 amide bonds. The smallest absolute Gasteiger partial charge is 0.371 e. The standard InChI is InChI=1S/C13H15NO4S/c1-8(11-2-3-12(18-11)13(16)17)14-6-10(15)9-4-5-19-7-9/h2-5,7-8,10,14-15H,6H2,1H3,(H,16,17). The summed E-state index contributed by atoms with van der Waals surface area (Å²) in [6, 6.07) is 4.75. The van der Waals surface area contributed by atoms with Crippen LogP contribution in [0.1, 0.15) is 40.9 Å². The van der Waals surface area contributed by atoms with E-state index in [-0.39, 0.29) is 11.8 Å². The molecule has 2 atom stereocenters. The molecule has 0 aromatic carbocycles. The number of aliphatic hydroxyl groups excluding tert-OH is 1. The number of thiophene rings is 1. The molecule has 3 N–H and O–H groups in total. The van der Waals surface area contributed by atoms with E-state index < -0.39 is 12.1 Å². The predicted molar refractivity (Wildman–Crippen MR) is 71.4 cm³/mol. The molecule has 0 aliphatic heterocycles. The lowest BCUT2D eigenvalue weighted by atomic mass is 10.2. The van der Waals surface area contributed by atoms with Gasteiger partial charge in [0.15, 0.2) is 0 Å². The van der Waals surface area contributed by atoms with Crippen LogP contribution in [0.15, 0.2) is 33.4 Å². The van der Waals surface area contributed by atoms with Crippen molar-refractivity contribution in [2.24, 2.45) is 0 Å². The Morgan fingerprint density at radius 1 is 1.47 bits per heavy atom. The van der Waals surface area contributed by atoms with E-state index in [0.717, 1.165) is 5.56 Å². The summed E-state index contributed by atoms with van der Waals surface area (Å²) in [5.74, 6) is -0.631. The molecule has 5 nitrogen and oxygen atoms in total. The molecular formula is C13H15NO4S. The van der Waals surface area contributed by atoms with Crippen molar-refractivity contribution in [2.75, 3.05) is 6.54 Å². The van der Waals surface area contributed by atoms with E-state index in [1.54, 1.807) is 6.07 Å². The second kappa shape index (κ2) is 6.01. The largest absolute Gasteiger partial charge is 0.475 e. The molecule has 102 valence electrons. The van der Waals surface area contributed by atoms with Gasteiger partial charge in [-0.2, -0.15) is 11.3 Å². The van der Waals surface area contributed by atoms with E-state index in [1.165, 1.54) is 17.4 Å². The van der Waals surface area contributed by atoms with Gasteiger partial charge in [-0.25, -0.2) is 4.79 Å². The molecule has 2 heterocycles. The summed E-state index contributed by atoms with van der Waals surface area (Å²) in [4.78, 5) is 10.7. The molecular weight excluding hydrogens is 266 g/mol. The molecule has 6 heteroatoms. The van der Waals surface area contributed by atoms with Gasteiger partial charge in [-0.1, -0.05) is 0 Å². The van der Waals surface area contributed by atoms with Crippen LogP contribution in [0.2, 0.25) is 0 Å². The SMILES string of the molecule is CC(NCC(O)c1ccsc1)c1ccc(C(=O)O)o1. The van der Waals surface area contributed by atoms with E-state index in [4.69, 9.17) is 9.52 Å². The molecule has 0 spiro atoms. The molecule has 2 aromatic heterocycles. The van der Waals surface area contributed by atoms with E-state index >= 15 is 0 Å². The van der Waals surface area contributed by atoms with Crippen molar-refractivity contribution in [1.29, 1.82) is 0 Å². The van der Waals surface area contributed by atoms with Crippen molar-refractivity contribution in [3.05, 3.63) is 46.0 Å². The molecule has 0 radical (unpaired) electrons. The molecule has 0 fully saturated rings. The summed E-state index contributed by atoms with van der Waals surface area (Å²) in [7, 11) is 0. The van der Waals surface area contributed by atoms with Crippen LogP contribution in [0.3, 0.4) is 0 Å². The lowest BCUT2D eigenvalue weighted by Gasteiger charge is -2.14. The van der Waals surface area contributed by atoms with E-state index in [9.17, 15) is 9.90 Å². The quantitative estimate of drug-likeness (QED) is 0.757. The fourth-order valence-electron chi connectivity index (χ4n) is 1.67. The van der Waals surface area contributed by atoms with Gasteiger partial charge in [0.1, 0.15) is 5.76 Å². The summed E-state index contributed by atoms with van der Waals surface area (Å²) in [5.41, 5.74) is 0.871. The first-order chi connectivity index (χ1) is 9.08. The van der Waals surface area contributed by atoms with Crippen molar-refractivity contribution >= 4 is 17.3 Å². The number of aromatic carboxylic acids is 1. The highest BCUT2D eigenvalue weighted by Gasteiger charge is 2.15. The predicted octanol–water partition coefficient (Wildman–Crippen LogP) is 2.42. The van der Waals surface area contributed by atoms with Crippen molar-refractivity contribution in [3.63, 3.8) is 0 Å². The Labute approximate surface area is 114 Å². The van der Waals surface area contributed by atoms with E-state index in [0.29, 0.717) is 12.3 Å². The summed E-state index contributed by atoms with van der Waals surface area (Å²) in [6.07, 6.45) is -0.581. The van der Waals surface area contributed by atoms with E-state index in [1.807, 2.05) is 23.8 Å². The van der Waals surface area contributed by atoms with Gasteiger partial charge in [-0.05, 0) is 41.4 Å². The van der Waals surface area contributed by atoms with Crippen LogP contribution in [-0.4, -0.2) is 22.7 Å². The van der Waals surface area contributed by atoms with Crippen molar-refractivity contribution in [1.82, 2.24) is 5.32 Å². The number of carboxylic acid groups (broad SMARTS) is 1. The third kappa shape index (κ3) is 3.44. The molecule has 0 bridgehead atoms. The normalized spacial score (nSPS) is 14.2. The number of hydrogen-bond donors (Lipinski definition) is 3. The second-order valence-electron chi connectivity index (χ2n) is 4.21. The van der Waals surface area contributed by atoms with Gasteiger partial charge >= 0.3 is 5.97 Å². The summed E-state index contributed by atoms with van der Waals surface area (Å²) in [5, 5.41) is 25.6. The summed E-state index contributed by atoms with van der Waals surface area (Å²) < 4.78 is 5.19. The maximum Gasteiger partial charge on any atom is 0.371 e. The molecule has 0 saturated heterocycles. The minimum absolute atomic E-state index is 0.0815. The fourth-order valence-corrected chi connectivity index (χ4v) is 2.38. The topological polar surface area (TPSA) is 82.7 Å². The fraction of sp³-hybridized carbons (Fsp3) is 0.308. The van der Waals surface area contributed by atoms with Crippen molar-refractivity contribution in [2.45, 2.75) is 19.1 Å². The molecule has 2 unspecified atom stereocenters. The second-order valence-corrected chi connectivity index (χ2v) is 4.99. The number of nitrogens with one attached hydrogen (secondary N) is 1. The van der Waals surface area contributed by atoms with Crippen LogP contribution < -0.4 is 5.32 Å². The first-order valence-corrected chi connectivity index (χ1v) is 6.78. The molecule has 2 rings (SSSR count). The van der Waals surface area contributed by atoms with Crippen LogP contribution in [0.5, 0.6) is 0 Å². The van der Waals surface area contributed by atoms with Crippen molar-refractivity contribution < 1.29 is 19.4 Å². The van der Waals surface area contributed by atoms with Gasteiger partial charge in [-0.15, -0.1) is 0 Å². The minimum Gasteiger partial charge on any atom is -0.475 e. The van der Waals surface area contributed by atoms with Crippen LogP contribution in [-0.2, 0) is 0 Å². The van der Waals surface area contributed by atoms with Gasteiger partial charge in [0.05, 0.1) is 12.1 Å². The highest BCUT2D eigenvalue weighted by atomic mass is 32.1. The van der Waals surface area contributed by atoms with E-state index in [2.05, 4.69) is 5.32 Å². The van der Waals surface area contributed by atoms with Gasteiger partial charge in [0.25, 0.3) is 0 Å². The zero-order chi connectivity index (χ0) is 13.8. The zero-order valence-electron chi connectivity index (χ0n) is 10.4. The number of furan rings is 1. The monoisotopic (exact) mass is 281 g/mol. The molecule has 19 heavy (non-hydrogen) atoms. The highest BCUT2D eigenvalue weighted by Crippen LogP contribution is 2.19. The van der Waals surface area contributed by atoms with Gasteiger partial charge in [0, 0.05) is 6.54 Å². The Bertz CT molecular complexity index is 535. The van der Waals surface area contributed by atoms with Crippen LogP contribution in [0.4, 0.5) is 0 Å². The third-order valence-corrected chi connectivity index (χ3v) is 3.51. The van der Waals surface area contributed by atoms with Crippen LogP contribution >= 0.6 is 11.3 Å². The highest BCUT2D eigenvalue weighted by molar-refractivity contribution is 7.07. The molecule has 0 aliphatic rings. The van der Waals surface area contributed by atoms with Crippen LogP contribution in [0.25, 0.3) is 0 Å². The summed E-state index contributed by atoms with van der Waals surface area (Å²) in [6.45, 7) is 2.23. The Hall–Kier alpha value is -1.63. The maximum atomic E-state index is 10.7. The Morgan fingerprint density at radius 3 is 2.84 bits per heavy atom. The van der Waals surface area contributed by atoms with Gasteiger partial charge in [0.2, 0.25) is 5.76 Å². The first kappa shape index (κ1) is 13.8. The lowest BCUT2D eigenvalue weighted by Crippen LogP contribution is -2.24. The number of hydrogen-bond acceptors (Lipinski definition) is 5. The zero-order valence-corrected chi connectivity index (χ0v) is 11.2. The molecule has 0 aliphatic carbocycles. The average Bonchev–Trinajstić information content (AvgIpc) is 3.05. The Balaban J connectivity index is 1.90. The first-order valence-electron chi connectivity index (χ1n) is 5.84. The summed E-state index contributed by atoms with van der Waals surface area (Å²) >= 11 is 1.53. The van der Waals surface area contributed by atoms with Crippen LogP contribution in [0, 0.1) is 0 Å². The maximum absolute atomic E-state index is 10.7. The number of rotatable bonds is 6. The number of aliphatic hydroxyl groups is 1. The molecule has 2 aromatic rings. The lowest BCUT2D eigenvalue weighted by molar-refractivity contribution is 0.0659. The number of carboxylic acids is 1. The Morgan fingerprint density at radius 2 is 2.26 bits per heavy atom. The van der Waals surface area contributed by atoms with Crippen molar-refractivity contribution in [3.8, 4) is 0 Å². The van der Waals surface area contributed by atoms with Gasteiger partial charge in [-0.3, -0.25) is 0 Å². The average molecular weight is 281 g/mol. The van der Waals surface area contributed by atoms with Gasteiger partial charge < -0.3 is 19.9 Å². The third-order valence-electron chi connectivity index (χ3n) is 2.81.